The van der Waals surface area contributed by atoms with Crippen LogP contribution >= 0.6 is 0 Å². The molecule has 1 aliphatic rings. The average Bonchev–Trinajstić information content (AvgIpc) is 2.42. The Balaban J connectivity index is 1.95. The highest BCUT2D eigenvalue weighted by atomic mass is 19.1. The molecule has 1 unspecified atom stereocenters. The molecule has 1 N–H and O–H groups in total. The van der Waals surface area contributed by atoms with Gasteiger partial charge in [0.05, 0.1) is 0 Å². The number of benzene rings is 1. The average molecular weight is 263 g/mol. The zero-order valence-electron chi connectivity index (χ0n) is 12.2. The summed E-state index contributed by atoms with van der Waals surface area (Å²) in [4.78, 5) is 0. The smallest absolute Gasteiger partial charge is 0.123 e. The van der Waals surface area contributed by atoms with E-state index in [4.69, 9.17) is 0 Å². The van der Waals surface area contributed by atoms with Crippen LogP contribution in [0, 0.1) is 18.7 Å². The minimum atomic E-state index is -0.136. The van der Waals surface area contributed by atoms with Gasteiger partial charge in [0.2, 0.25) is 0 Å². The summed E-state index contributed by atoms with van der Waals surface area (Å²) in [6.07, 6.45) is 9.49. The van der Waals surface area contributed by atoms with Gasteiger partial charge in [0.1, 0.15) is 5.82 Å². The highest BCUT2D eigenvalue weighted by Crippen LogP contribution is 2.31. The Kier molecular flexibility index (Phi) is 5.38. The van der Waals surface area contributed by atoms with Gasteiger partial charge in [0.25, 0.3) is 0 Å². The largest absolute Gasteiger partial charge is 0.313 e. The van der Waals surface area contributed by atoms with Crippen molar-refractivity contribution < 1.29 is 4.39 Å². The Hall–Kier alpha value is -0.890. The predicted octanol–water partition coefficient (Wildman–Crippen LogP) is 4.76. The van der Waals surface area contributed by atoms with E-state index in [1.807, 2.05) is 20.0 Å². The summed E-state index contributed by atoms with van der Waals surface area (Å²) in [6.45, 7) is 2.00. The van der Waals surface area contributed by atoms with Crippen LogP contribution < -0.4 is 5.32 Å². The molecule has 0 amide bonds. The maximum absolute atomic E-state index is 13.2. The fourth-order valence-electron chi connectivity index (χ4n) is 3.36. The van der Waals surface area contributed by atoms with E-state index in [-0.39, 0.29) is 5.82 Å². The van der Waals surface area contributed by atoms with Crippen LogP contribution in [0.25, 0.3) is 0 Å². The van der Waals surface area contributed by atoms with Gasteiger partial charge in [-0.2, -0.15) is 0 Å². The SMILES string of the molecule is CNC(CCC1CCCCC1)c1ccc(F)cc1C. The summed E-state index contributed by atoms with van der Waals surface area (Å²) < 4.78 is 13.2. The summed E-state index contributed by atoms with van der Waals surface area (Å²) in [6, 6.07) is 5.52. The van der Waals surface area contributed by atoms with E-state index in [9.17, 15) is 4.39 Å². The molecule has 106 valence electrons. The molecule has 1 fully saturated rings. The van der Waals surface area contributed by atoms with Crippen molar-refractivity contribution in [2.45, 2.75) is 57.9 Å². The highest BCUT2D eigenvalue weighted by molar-refractivity contribution is 5.29. The van der Waals surface area contributed by atoms with Crippen LogP contribution in [0.2, 0.25) is 0 Å². The van der Waals surface area contributed by atoms with Gasteiger partial charge in [0.15, 0.2) is 0 Å². The first-order valence-electron chi connectivity index (χ1n) is 7.64. The Bertz CT molecular complexity index is 396. The van der Waals surface area contributed by atoms with Crippen molar-refractivity contribution in [3.8, 4) is 0 Å². The fourth-order valence-corrected chi connectivity index (χ4v) is 3.36. The second-order valence-electron chi connectivity index (χ2n) is 5.92. The van der Waals surface area contributed by atoms with E-state index in [1.165, 1.54) is 44.1 Å². The minimum Gasteiger partial charge on any atom is -0.313 e. The van der Waals surface area contributed by atoms with Crippen LogP contribution in [0.1, 0.15) is 62.1 Å². The molecule has 1 aromatic rings. The lowest BCUT2D eigenvalue weighted by atomic mass is 9.84. The second-order valence-corrected chi connectivity index (χ2v) is 5.92. The van der Waals surface area contributed by atoms with Gasteiger partial charge in [-0.15, -0.1) is 0 Å². The molecule has 19 heavy (non-hydrogen) atoms. The van der Waals surface area contributed by atoms with Crippen LogP contribution in [0.4, 0.5) is 4.39 Å². The molecule has 1 aliphatic carbocycles. The number of hydrogen-bond donors (Lipinski definition) is 1. The van der Waals surface area contributed by atoms with Gasteiger partial charge < -0.3 is 5.32 Å². The predicted molar refractivity (Wildman–Crippen MR) is 78.7 cm³/mol. The zero-order chi connectivity index (χ0) is 13.7. The molecule has 2 rings (SSSR count). The van der Waals surface area contributed by atoms with Crippen LogP contribution in [0.3, 0.4) is 0 Å². The van der Waals surface area contributed by atoms with Crippen molar-refractivity contribution in [1.82, 2.24) is 5.32 Å². The van der Waals surface area contributed by atoms with Crippen molar-refractivity contribution in [3.05, 3.63) is 35.1 Å². The first-order chi connectivity index (χ1) is 9.20. The second kappa shape index (κ2) is 7.04. The van der Waals surface area contributed by atoms with Crippen LogP contribution in [-0.4, -0.2) is 7.05 Å². The number of rotatable bonds is 5. The summed E-state index contributed by atoms with van der Waals surface area (Å²) in [5, 5.41) is 3.40. The van der Waals surface area contributed by atoms with E-state index in [0.29, 0.717) is 6.04 Å². The van der Waals surface area contributed by atoms with Crippen LogP contribution in [0.15, 0.2) is 18.2 Å². The van der Waals surface area contributed by atoms with E-state index in [0.717, 1.165) is 17.9 Å². The monoisotopic (exact) mass is 263 g/mol. The van der Waals surface area contributed by atoms with Gasteiger partial charge in [-0.25, -0.2) is 4.39 Å². The third kappa shape index (κ3) is 4.04. The normalized spacial score (nSPS) is 18.5. The molecule has 0 aromatic heterocycles. The first kappa shape index (κ1) is 14.5. The van der Waals surface area contributed by atoms with Crippen molar-refractivity contribution in [1.29, 1.82) is 0 Å². The molecular formula is C17H26FN. The molecule has 0 bridgehead atoms. The molecule has 0 radical (unpaired) electrons. The van der Waals surface area contributed by atoms with Gasteiger partial charge in [0, 0.05) is 6.04 Å². The van der Waals surface area contributed by atoms with Crippen molar-refractivity contribution in [2.75, 3.05) is 7.05 Å². The van der Waals surface area contributed by atoms with E-state index in [1.54, 1.807) is 12.1 Å². The van der Waals surface area contributed by atoms with E-state index in [2.05, 4.69) is 5.32 Å². The molecule has 0 heterocycles. The molecule has 0 saturated heterocycles. The van der Waals surface area contributed by atoms with Gasteiger partial charge >= 0.3 is 0 Å². The van der Waals surface area contributed by atoms with Crippen LogP contribution in [0.5, 0.6) is 0 Å². The molecular weight excluding hydrogens is 237 g/mol. The van der Waals surface area contributed by atoms with E-state index < -0.39 is 0 Å². The summed E-state index contributed by atoms with van der Waals surface area (Å²) >= 11 is 0. The Morgan fingerprint density at radius 2 is 2.00 bits per heavy atom. The number of aryl methyl sites for hydroxylation is 1. The van der Waals surface area contributed by atoms with Crippen molar-refractivity contribution in [2.24, 2.45) is 5.92 Å². The Morgan fingerprint density at radius 3 is 2.63 bits per heavy atom. The number of nitrogens with one attached hydrogen (secondary N) is 1. The number of halogens is 1. The van der Waals surface area contributed by atoms with Crippen molar-refractivity contribution >= 4 is 0 Å². The Morgan fingerprint density at radius 1 is 1.26 bits per heavy atom. The van der Waals surface area contributed by atoms with E-state index >= 15 is 0 Å². The van der Waals surface area contributed by atoms with Gasteiger partial charge in [-0.1, -0.05) is 38.2 Å². The molecule has 0 aliphatic heterocycles. The number of hydrogen-bond acceptors (Lipinski definition) is 1. The molecule has 0 spiro atoms. The van der Waals surface area contributed by atoms with Crippen molar-refractivity contribution in [3.63, 3.8) is 0 Å². The molecule has 1 nitrogen and oxygen atoms in total. The molecule has 1 saturated carbocycles. The zero-order valence-corrected chi connectivity index (χ0v) is 12.2. The lowest BCUT2D eigenvalue weighted by Crippen LogP contribution is -2.19. The standard InChI is InChI=1S/C17H26FN/c1-13-12-15(18)9-10-16(13)17(19-2)11-8-14-6-4-3-5-7-14/h9-10,12,14,17,19H,3-8,11H2,1-2H3. The summed E-state index contributed by atoms with van der Waals surface area (Å²) in [7, 11) is 2.01. The maximum Gasteiger partial charge on any atom is 0.123 e. The lowest BCUT2D eigenvalue weighted by Gasteiger charge is -2.25. The lowest BCUT2D eigenvalue weighted by molar-refractivity contribution is 0.317. The topological polar surface area (TPSA) is 12.0 Å². The highest BCUT2D eigenvalue weighted by Gasteiger charge is 2.17. The summed E-state index contributed by atoms with van der Waals surface area (Å²) in [5.41, 5.74) is 2.31. The Labute approximate surface area is 116 Å². The third-order valence-corrected chi connectivity index (χ3v) is 4.54. The van der Waals surface area contributed by atoms with Crippen LogP contribution in [-0.2, 0) is 0 Å². The van der Waals surface area contributed by atoms with Gasteiger partial charge in [-0.3, -0.25) is 0 Å². The quantitative estimate of drug-likeness (QED) is 0.808. The minimum absolute atomic E-state index is 0.136. The molecule has 1 atom stereocenters. The summed E-state index contributed by atoms with van der Waals surface area (Å²) in [5.74, 6) is 0.772. The fraction of sp³-hybridized carbons (Fsp3) is 0.647. The molecule has 1 aromatic carbocycles. The third-order valence-electron chi connectivity index (χ3n) is 4.54. The van der Waals surface area contributed by atoms with Gasteiger partial charge in [-0.05, 0) is 56.0 Å². The maximum atomic E-state index is 13.2. The first-order valence-corrected chi connectivity index (χ1v) is 7.64. The molecule has 2 heteroatoms.